The lowest BCUT2D eigenvalue weighted by Crippen LogP contribution is -2.28. The Hall–Kier alpha value is -2.52. The minimum absolute atomic E-state index is 0.0253. The summed E-state index contributed by atoms with van der Waals surface area (Å²) in [5, 5.41) is 2.81. The summed E-state index contributed by atoms with van der Waals surface area (Å²) in [6.45, 7) is 4.56. The van der Waals surface area contributed by atoms with Gasteiger partial charge in [0.05, 0.1) is 11.1 Å². The number of furan rings is 1. The average Bonchev–Trinajstić information content (AvgIpc) is 3.28. The zero-order chi connectivity index (χ0) is 19.0. The van der Waals surface area contributed by atoms with Crippen molar-refractivity contribution < 1.29 is 18.3 Å². The molecule has 2 atom stereocenters. The molecule has 1 aliphatic heterocycles. The molecule has 0 spiro atoms. The van der Waals surface area contributed by atoms with Crippen molar-refractivity contribution >= 4 is 33.5 Å². The summed E-state index contributed by atoms with van der Waals surface area (Å²) in [4.78, 5) is 22.0. The van der Waals surface area contributed by atoms with E-state index in [9.17, 15) is 9.18 Å². The van der Waals surface area contributed by atoms with E-state index in [1.54, 1.807) is 18.4 Å². The molecule has 0 aromatic carbocycles. The van der Waals surface area contributed by atoms with Gasteiger partial charge in [-0.2, -0.15) is 9.37 Å². The molecular weight excluding hydrogens is 371 g/mol. The highest BCUT2D eigenvalue weighted by molar-refractivity contribution is 7.15. The van der Waals surface area contributed by atoms with Gasteiger partial charge in [0.25, 0.3) is 0 Å². The molecule has 0 radical (unpaired) electrons. The van der Waals surface area contributed by atoms with Gasteiger partial charge in [-0.05, 0) is 13.0 Å². The van der Waals surface area contributed by atoms with E-state index in [1.165, 1.54) is 6.92 Å². The third-order valence-corrected chi connectivity index (χ3v) is 5.44. The van der Waals surface area contributed by atoms with Crippen LogP contribution >= 0.6 is 11.3 Å². The minimum Gasteiger partial charge on any atom is -0.473 e. The Morgan fingerprint density at radius 2 is 2.30 bits per heavy atom. The van der Waals surface area contributed by atoms with Gasteiger partial charge in [-0.15, -0.1) is 0 Å². The monoisotopic (exact) mass is 390 g/mol. The largest absolute Gasteiger partial charge is 0.473 e. The second-order valence-corrected chi connectivity index (χ2v) is 7.71. The quantitative estimate of drug-likeness (QED) is 0.719. The molecule has 3 aromatic heterocycles. The van der Waals surface area contributed by atoms with Crippen molar-refractivity contribution in [3.05, 3.63) is 35.3 Å². The fourth-order valence-electron chi connectivity index (χ4n) is 3.24. The number of likely N-dealkylation sites (tertiary alicyclic amines) is 1. The predicted octanol–water partition coefficient (Wildman–Crippen LogP) is 3.42. The summed E-state index contributed by atoms with van der Waals surface area (Å²) in [5.41, 5.74) is 1.48. The van der Waals surface area contributed by atoms with E-state index in [0.29, 0.717) is 23.8 Å². The third kappa shape index (κ3) is 3.93. The zero-order valence-electron chi connectivity index (χ0n) is 14.9. The fourth-order valence-corrected chi connectivity index (χ4v) is 4.16. The first kappa shape index (κ1) is 17.9. The van der Waals surface area contributed by atoms with Gasteiger partial charge in [-0.1, -0.05) is 11.3 Å². The summed E-state index contributed by atoms with van der Waals surface area (Å²) in [7, 11) is 0. The number of nitrogens with zero attached hydrogens (tertiary/aromatic N) is 3. The lowest BCUT2D eigenvalue weighted by atomic mass is 10.2. The number of hydrogen-bond donors (Lipinski definition) is 1. The molecule has 0 bridgehead atoms. The number of carbonyl (C=O) groups is 1. The van der Waals surface area contributed by atoms with Crippen LogP contribution in [0.4, 0.5) is 9.52 Å². The molecule has 1 N–H and O–H groups in total. The number of ether oxygens (including phenoxy) is 1. The van der Waals surface area contributed by atoms with Gasteiger partial charge >= 0.3 is 0 Å². The number of halogens is 1. The SMILES string of the molecule is CC(=O)Nc1nc(F)c(CN2C[C@H](Oc3ccc4occc4n3)C[C@@H]2C)s1. The Morgan fingerprint density at radius 3 is 3.11 bits per heavy atom. The van der Waals surface area contributed by atoms with Gasteiger partial charge in [0, 0.05) is 44.6 Å². The Morgan fingerprint density at radius 1 is 1.44 bits per heavy atom. The molecule has 3 aromatic rings. The molecule has 1 saturated heterocycles. The van der Waals surface area contributed by atoms with Gasteiger partial charge in [-0.3, -0.25) is 9.69 Å². The molecule has 4 rings (SSSR count). The van der Waals surface area contributed by atoms with E-state index in [2.05, 4.69) is 27.1 Å². The van der Waals surface area contributed by atoms with Crippen LogP contribution < -0.4 is 10.1 Å². The molecule has 0 saturated carbocycles. The van der Waals surface area contributed by atoms with Crippen molar-refractivity contribution in [2.45, 2.75) is 39.0 Å². The molecule has 1 amide bonds. The van der Waals surface area contributed by atoms with Crippen molar-refractivity contribution in [2.24, 2.45) is 0 Å². The Balaban J connectivity index is 1.40. The van der Waals surface area contributed by atoms with E-state index in [0.717, 1.165) is 28.9 Å². The first-order valence-corrected chi connectivity index (χ1v) is 9.47. The van der Waals surface area contributed by atoms with E-state index in [1.807, 2.05) is 6.07 Å². The smallest absolute Gasteiger partial charge is 0.230 e. The van der Waals surface area contributed by atoms with E-state index < -0.39 is 5.95 Å². The first-order valence-electron chi connectivity index (χ1n) is 8.65. The van der Waals surface area contributed by atoms with Gasteiger partial charge in [0.2, 0.25) is 17.7 Å². The number of nitrogens with one attached hydrogen (secondary N) is 1. The highest BCUT2D eigenvalue weighted by Crippen LogP contribution is 2.29. The second kappa shape index (κ2) is 7.24. The highest BCUT2D eigenvalue weighted by Gasteiger charge is 2.32. The van der Waals surface area contributed by atoms with Crippen molar-refractivity contribution in [2.75, 3.05) is 11.9 Å². The van der Waals surface area contributed by atoms with Crippen molar-refractivity contribution in [1.82, 2.24) is 14.9 Å². The molecule has 27 heavy (non-hydrogen) atoms. The van der Waals surface area contributed by atoms with Crippen LogP contribution in [0.5, 0.6) is 5.88 Å². The molecule has 0 unspecified atom stereocenters. The Kier molecular flexibility index (Phi) is 4.79. The maximum absolute atomic E-state index is 14.1. The normalized spacial score (nSPS) is 20.3. The molecule has 4 heterocycles. The Labute approximate surface area is 159 Å². The fraction of sp³-hybridized carbons (Fsp3) is 0.389. The van der Waals surface area contributed by atoms with Gasteiger partial charge in [-0.25, -0.2) is 4.98 Å². The molecular formula is C18H19FN4O3S. The number of hydrogen-bond acceptors (Lipinski definition) is 7. The number of amides is 1. The van der Waals surface area contributed by atoms with Crippen LogP contribution in [0.2, 0.25) is 0 Å². The van der Waals surface area contributed by atoms with Crippen molar-refractivity contribution in [1.29, 1.82) is 0 Å². The minimum atomic E-state index is -0.535. The predicted molar refractivity (Wildman–Crippen MR) is 99.3 cm³/mol. The summed E-state index contributed by atoms with van der Waals surface area (Å²) >= 11 is 1.16. The van der Waals surface area contributed by atoms with Crippen LogP contribution in [0.25, 0.3) is 11.1 Å². The zero-order valence-corrected chi connectivity index (χ0v) is 15.8. The molecule has 1 fully saturated rings. The highest BCUT2D eigenvalue weighted by atomic mass is 32.1. The summed E-state index contributed by atoms with van der Waals surface area (Å²) in [6, 6.07) is 5.66. The van der Waals surface area contributed by atoms with E-state index in [4.69, 9.17) is 9.15 Å². The first-order chi connectivity index (χ1) is 13.0. The van der Waals surface area contributed by atoms with Crippen LogP contribution in [0.3, 0.4) is 0 Å². The second-order valence-electron chi connectivity index (χ2n) is 6.62. The lowest BCUT2D eigenvalue weighted by molar-refractivity contribution is -0.114. The van der Waals surface area contributed by atoms with Crippen LogP contribution in [0, 0.1) is 5.95 Å². The maximum atomic E-state index is 14.1. The van der Waals surface area contributed by atoms with Crippen LogP contribution in [0.15, 0.2) is 28.9 Å². The number of fused-ring (bicyclic) bond motifs is 1. The number of carbonyl (C=O) groups excluding carboxylic acids is 1. The number of anilines is 1. The van der Waals surface area contributed by atoms with Crippen LogP contribution in [-0.2, 0) is 11.3 Å². The number of thiazole rings is 1. The molecule has 7 nitrogen and oxygen atoms in total. The standard InChI is InChI=1S/C18H19FN4O3S/c1-10-7-12(26-16-4-3-14-13(21-16)5-6-25-14)8-23(10)9-15-17(19)22-18(27-15)20-11(2)24/h3-6,10,12H,7-9H2,1-2H3,(H,20,22,24)/t10-,12+/m0/s1. The van der Waals surface area contributed by atoms with Gasteiger partial charge in [0.1, 0.15) is 11.6 Å². The van der Waals surface area contributed by atoms with Crippen LogP contribution in [-0.4, -0.2) is 39.5 Å². The Bertz CT molecular complexity index is 973. The third-order valence-electron chi connectivity index (χ3n) is 4.51. The van der Waals surface area contributed by atoms with Crippen molar-refractivity contribution in [3.63, 3.8) is 0 Å². The number of rotatable bonds is 5. The lowest BCUT2D eigenvalue weighted by Gasteiger charge is -2.19. The maximum Gasteiger partial charge on any atom is 0.230 e. The van der Waals surface area contributed by atoms with E-state index >= 15 is 0 Å². The average molecular weight is 390 g/mol. The van der Waals surface area contributed by atoms with E-state index in [-0.39, 0.29) is 23.2 Å². The summed E-state index contributed by atoms with van der Waals surface area (Å²) < 4.78 is 25.4. The topological polar surface area (TPSA) is 80.5 Å². The van der Waals surface area contributed by atoms with Crippen molar-refractivity contribution in [3.8, 4) is 5.88 Å². The summed E-state index contributed by atoms with van der Waals surface area (Å²) in [6.07, 6.45) is 2.40. The van der Waals surface area contributed by atoms with Crippen LogP contribution in [0.1, 0.15) is 25.1 Å². The molecule has 0 aliphatic carbocycles. The van der Waals surface area contributed by atoms with Gasteiger partial charge < -0.3 is 14.5 Å². The summed E-state index contributed by atoms with van der Waals surface area (Å²) in [5.74, 6) is -0.243. The van der Waals surface area contributed by atoms with Gasteiger partial charge in [0.15, 0.2) is 10.7 Å². The molecule has 142 valence electrons. The molecule has 9 heteroatoms. The molecule has 1 aliphatic rings. The number of pyridine rings is 1. The number of aromatic nitrogens is 2.